The largest absolute Gasteiger partial charge is 0.384 e. The van der Waals surface area contributed by atoms with Crippen molar-refractivity contribution in [1.29, 1.82) is 0 Å². The van der Waals surface area contributed by atoms with E-state index in [4.69, 9.17) is 9.47 Å². The molecule has 1 atom stereocenters. The van der Waals surface area contributed by atoms with Crippen molar-refractivity contribution in [3.8, 4) is 0 Å². The lowest BCUT2D eigenvalue weighted by Gasteiger charge is -2.25. The Kier molecular flexibility index (Phi) is 4.30. The summed E-state index contributed by atoms with van der Waals surface area (Å²) in [5.74, 6) is -1.44. The lowest BCUT2D eigenvalue weighted by Crippen LogP contribution is -2.23. The van der Waals surface area contributed by atoms with Gasteiger partial charge in [0.2, 0.25) is 0 Å². The fraction of sp³-hybridized carbons (Fsp3) is 0.571. The molecule has 0 saturated carbocycles. The molecule has 0 radical (unpaired) electrons. The summed E-state index contributed by atoms with van der Waals surface area (Å²) in [7, 11) is 3.16. The highest BCUT2D eigenvalue weighted by Crippen LogP contribution is 2.29. The molecule has 4 heteroatoms. The highest BCUT2D eigenvalue weighted by Gasteiger charge is 2.25. The van der Waals surface area contributed by atoms with Gasteiger partial charge in [-0.05, 0) is 36.0 Å². The van der Waals surface area contributed by atoms with E-state index in [-0.39, 0.29) is 6.10 Å². The maximum atomic E-state index is 14.0. The predicted molar refractivity (Wildman–Crippen MR) is 64.8 cm³/mol. The summed E-state index contributed by atoms with van der Waals surface area (Å²) in [5, 5.41) is 0. The molecule has 100 valence electrons. The van der Waals surface area contributed by atoms with Gasteiger partial charge in [-0.15, -0.1) is 0 Å². The van der Waals surface area contributed by atoms with E-state index in [1.165, 1.54) is 0 Å². The van der Waals surface area contributed by atoms with Gasteiger partial charge >= 0.3 is 0 Å². The zero-order valence-electron chi connectivity index (χ0n) is 10.8. The molecule has 1 aliphatic rings. The average molecular weight is 256 g/mol. The van der Waals surface area contributed by atoms with Crippen LogP contribution in [0.3, 0.4) is 0 Å². The lowest BCUT2D eigenvalue weighted by atomic mass is 9.87. The van der Waals surface area contributed by atoms with Crippen molar-refractivity contribution in [2.75, 3.05) is 20.8 Å². The van der Waals surface area contributed by atoms with E-state index in [0.717, 1.165) is 18.4 Å². The molecule has 0 aliphatic heterocycles. The van der Waals surface area contributed by atoms with Crippen LogP contribution in [0.4, 0.5) is 8.78 Å². The van der Waals surface area contributed by atoms with Crippen LogP contribution in [-0.4, -0.2) is 26.9 Å². The highest BCUT2D eigenvalue weighted by molar-refractivity contribution is 5.37. The smallest absolute Gasteiger partial charge is 0.162 e. The maximum absolute atomic E-state index is 14.0. The standard InChI is InChI=1S/C14H18F2O2/c1-17-6-5-10-7-9-3-4-11(18-2)8-12(9)14(16)13(10)15/h7,11H,3-6,8H2,1-2H3. The third-order valence-electron chi connectivity index (χ3n) is 3.55. The van der Waals surface area contributed by atoms with Gasteiger partial charge in [0.25, 0.3) is 0 Å². The average Bonchev–Trinajstić information content (AvgIpc) is 2.41. The fourth-order valence-electron chi connectivity index (χ4n) is 2.46. The van der Waals surface area contributed by atoms with Crippen molar-refractivity contribution >= 4 is 0 Å². The van der Waals surface area contributed by atoms with Gasteiger partial charge in [-0.3, -0.25) is 0 Å². The van der Waals surface area contributed by atoms with Crippen LogP contribution in [0.1, 0.15) is 23.1 Å². The second-order valence-electron chi connectivity index (χ2n) is 4.64. The van der Waals surface area contributed by atoms with Gasteiger partial charge in [0.05, 0.1) is 12.7 Å². The first kappa shape index (κ1) is 13.4. The van der Waals surface area contributed by atoms with Crippen LogP contribution >= 0.6 is 0 Å². The molecule has 0 fully saturated rings. The Morgan fingerprint density at radius 1 is 1.28 bits per heavy atom. The number of hydrogen-bond acceptors (Lipinski definition) is 2. The van der Waals surface area contributed by atoms with Crippen molar-refractivity contribution in [1.82, 2.24) is 0 Å². The van der Waals surface area contributed by atoms with Crippen LogP contribution in [0.15, 0.2) is 6.07 Å². The minimum Gasteiger partial charge on any atom is -0.384 e. The quantitative estimate of drug-likeness (QED) is 0.824. The summed E-state index contributed by atoms with van der Waals surface area (Å²) in [6.45, 7) is 0.399. The van der Waals surface area contributed by atoms with Crippen LogP contribution < -0.4 is 0 Å². The van der Waals surface area contributed by atoms with E-state index in [9.17, 15) is 8.78 Å². The molecule has 0 spiro atoms. The Balaban J connectivity index is 2.32. The number of hydrogen-bond donors (Lipinski definition) is 0. The van der Waals surface area contributed by atoms with E-state index in [2.05, 4.69) is 0 Å². The van der Waals surface area contributed by atoms with Crippen LogP contribution in [0.2, 0.25) is 0 Å². The minimum atomic E-state index is -0.734. The van der Waals surface area contributed by atoms with Gasteiger partial charge in [-0.25, -0.2) is 8.78 Å². The molecule has 0 amide bonds. The van der Waals surface area contributed by atoms with E-state index in [1.54, 1.807) is 20.3 Å². The zero-order valence-corrected chi connectivity index (χ0v) is 10.8. The number of fused-ring (bicyclic) bond motifs is 1. The normalized spacial score (nSPS) is 18.8. The SMILES string of the molecule is COCCc1cc2c(c(F)c1F)CC(OC)CC2. The number of aryl methyl sites for hydroxylation is 1. The lowest BCUT2D eigenvalue weighted by molar-refractivity contribution is 0.0898. The van der Waals surface area contributed by atoms with Gasteiger partial charge < -0.3 is 9.47 Å². The Bertz CT molecular complexity index is 432. The number of ether oxygens (including phenoxy) is 2. The molecule has 1 aromatic carbocycles. The van der Waals surface area contributed by atoms with Gasteiger partial charge in [0.1, 0.15) is 0 Å². The minimum absolute atomic E-state index is 0.00350. The Hall–Kier alpha value is -1.00. The molecular formula is C14H18F2O2. The molecule has 0 bridgehead atoms. The van der Waals surface area contributed by atoms with Crippen molar-refractivity contribution in [3.05, 3.63) is 34.4 Å². The number of methoxy groups -OCH3 is 2. The summed E-state index contributed by atoms with van der Waals surface area (Å²) in [5.41, 5.74) is 1.80. The number of benzene rings is 1. The molecule has 1 aliphatic carbocycles. The Morgan fingerprint density at radius 3 is 2.72 bits per heavy atom. The summed E-state index contributed by atoms with van der Waals surface area (Å²) in [6, 6.07) is 1.78. The van der Waals surface area contributed by atoms with E-state index in [1.807, 2.05) is 0 Å². The highest BCUT2D eigenvalue weighted by atomic mass is 19.2. The third kappa shape index (κ3) is 2.54. The molecule has 18 heavy (non-hydrogen) atoms. The second-order valence-corrected chi connectivity index (χ2v) is 4.64. The fourth-order valence-corrected chi connectivity index (χ4v) is 2.46. The molecule has 0 aromatic heterocycles. The zero-order chi connectivity index (χ0) is 13.1. The Labute approximate surface area is 106 Å². The topological polar surface area (TPSA) is 18.5 Å². The summed E-state index contributed by atoms with van der Waals surface area (Å²) >= 11 is 0. The first-order valence-corrected chi connectivity index (χ1v) is 6.17. The molecule has 2 rings (SSSR count). The van der Waals surface area contributed by atoms with Crippen LogP contribution in [0.25, 0.3) is 0 Å². The molecule has 1 aromatic rings. The number of halogens is 2. The summed E-state index contributed by atoms with van der Waals surface area (Å²) in [4.78, 5) is 0. The maximum Gasteiger partial charge on any atom is 0.162 e. The molecule has 0 heterocycles. The van der Waals surface area contributed by atoms with Crippen LogP contribution in [0, 0.1) is 11.6 Å². The first-order valence-electron chi connectivity index (χ1n) is 6.17. The first-order chi connectivity index (χ1) is 8.67. The van der Waals surface area contributed by atoms with Crippen molar-refractivity contribution < 1.29 is 18.3 Å². The van der Waals surface area contributed by atoms with Crippen molar-refractivity contribution in [2.45, 2.75) is 31.8 Å². The third-order valence-corrected chi connectivity index (χ3v) is 3.55. The van der Waals surface area contributed by atoms with Crippen LogP contribution in [0.5, 0.6) is 0 Å². The summed E-state index contributed by atoms with van der Waals surface area (Å²) in [6.07, 6.45) is 2.46. The van der Waals surface area contributed by atoms with E-state index in [0.29, 0.717) is 30.6 Å². The molecule has 0 saturated heterocycles. The van der Waals surface area contributed by atoms with E-state index >= 15 is 0 Å². The molecule has 0 N–H and O–H groups in total. The monoisotopic (exact) mass is 256 g/mol. The summed E-state index contributed by atoms with van der Waals surface area (Å²) < 4.78 is 38.0. The van der Waals surface area contributed by atoms with Crippen molar-refractivity contribution in [2.24, 2.45) is 0 Å². The van der Waals surface area contributed by atoms with Gasteiger partial charge in [0.15, 0.2) is 11.6 Å². The number of rotatable bonds is 4. The van der Waals surface area contributed by atoms with Gasteiger partial charge in [-0.2, -0.15) is 0 Å². The molecular weight excluding hydrogens is 238 g/mol. The predicted octanol–water partition coefficient (Wildman–Crippen LogP) is 2.66. The van der Waals surface area contributed by atoms with Gasteiger partial charge in [-0.1, -0.05) is 6.07 Å². The van der Waals surface area contributed by atoms with Gasteiger partial charge in [0, 0.05) is 20.6 Å². The molecule has 2 nitrogen and oxygen atoms in total. The van der Waals surface area contributed by atoms with Crippen molar-refractivity contribution in [3.63, 3.8) is 0 Å². The van der Waals surface area contributed by atoms with E-state index < -0.39 is 11.6 Å². The van der Waals surface area contributed by atoms with Crippen LogP contribution in [-0.2, 0) is 28.7 Å². The second kappa shape index (κ2) is 5.76. The Morgan fingerprint density at radius 2 is 2.06 bits per heavy atom. The molecule has 1 unspecified atom stereocenters.